The van der Waals surface area contributed by atoms with Crippen LogP contribution in [0.2, 0.25) is 0 Å². The molecule has 0 saturated carbocycles. The third kappa shape index (κ3) is 4.29. The summed E-state index contributed by atoms with van der Waals surface area (Å²) in [7, 11) is 0. The van der Waals surface area contributed by atoms with E-state index in [1.165, 1.54) is 24.2 Å². The van der Waals surface area contributed by atoms with E-state index in [2.05, 4.69) is 16.9 Å². The maximum Gasteiger partial charge on any atom is 0.242 e. The molecular weight excluding hydrogens is 387 g/mol. The predicted molar refractivity (Wildman–Crippen MR) is 113 cm³/mol. The molecular formula is C22H25FN4OS. The maximum atomic E-state index is 14.0. The molecule has 7 heteroatoms. The Morgan fingerprint density at radius 3 is 2.97 bits per heavy atom. The van der Waals surface area contributed by atoms with Gasteiger partial charge in [0.25, 0.3) is 0 Å². The molecule has 4 rings (SSSR count). The standard InChI is InChI=1S/C22H25FN4OS/c1-2-17-8-5-6-12-26(17)21(28)14-27-20-13-24-11-10-19(20)25-22(27)29-15-16-7-3-4-9-18(16)23/h3-4,7,9-11,13,17H,2,5-6,8,12,14-15H2,1H3. The van der Waals surface area contributed by atoms with Gasteiger partial charge in [-0.1, -0.05) is 36.9 Å². The van der Waals surface area contributed by atoms with E-state index in [1.54, 1.807) is 24.5 Å². The van der Waals surface area contributed by atoms with Gasteiger partial charge in [-0.15, -0.1) is 0 Å². The first kappa shape index (κ1) is 19.9. The van der Waals surface area contributed by atoms with Gasteiger partial charge in [0.05, 0.1) is 17.2 Å². The van der Waals surface area contributed by atoms with Crippen LogP contribution in [-0.2, 0) is 17.1 Å². The van der Waals surface area contributed by atoms with Gasteiger partial charge in [-0.05, 0) is 43.4 Å². The fourth-order valence-electron chi connectivity index (χ4n) is 3.95. The van der Waals surface area contributed by atoms with Gasteiger partial charge >= 0.3 is 0 Å². The molecule has 1 aromatic carbocycles. The summed E-state index contributed by atoms with van der Waals surface area (Å²) in [5.74, 6) is 0.353. The monoisotopic (exact) mass is 412 g/mol. The number of nitrogens with zero attached hydrogens (tertiary/aromatic N) is 4. The number of hydrogen-bond donors (Lipinski definition) is 0. The second-order valence-corrected chi connectivity index (χ2v) is 8.31. The molecule has 0 spiro atoms. The van der Waals surface area contributed by atoms with Crippen molar-refractivity contribution < 1.29 is 9.18 Å². The van der Waals surface area contributed by atoms with Crippen LogP contribution in [0.25, 0.3) is 11.0 Å². The lowest BCUT2D eigenvalue weighted by molar-refractivity contribution is -0.135. The number of piperidine rings is 1. The molecule has 0 radical (unpaired) electrons. The molecule has 152 valence electrons. The van der Waals surface area contributed by atoms with Crippen molar-refractivity contribution in [2.45, 2.75) is 56.1 Å². The molecule has 1 saturated heterocycles. The molecule has 1 atom stereocenters. The third-order valence-corrected chi connectivity index (χ3v) is 6.57. The van der Waals surface area contributed by atoms with E-state index in [0.717, 1.165) is 42.0 Å². The van der Waals surface area contributed by atoms with Crippen LogP contribution in [-0.4, -0.2) is 37.9 Å². The summed E-state index contributed by atoms with van der Waals surface area (Å²) < 4.78 is 15.9. The van der Waals surface area contributed by atoms with E-state index in [-0.39, 0.29) is 18.3 Å². The molecule has 3 aromatic rings. The van der Waals surface area contributed by atoms with E-state index < -0.39 is 0 Å². The lowest BCUT2D eigenvalue weighted by Gasteiger charge is -2.35. The minimum absolute atomic E-state index is 0.118. The molecule has 29 heavy (non-hydrogen) atoms. The van der Waals surface area contributed by atoms with Crippen LogP contribution in [0.5, 0.6) is 0 Å². The lowest BCUT2D eigenvalue weighted by atomic mass is 10.00. The number of amides is 1. The van der Waals surface area contributed by atoms with Gasteiger partial charge in [0.1, 0.15) is 12.4 Å². The smallest absolute Gasteiger partial charge is 0.242 e. The van der Waals surface area contributed by atoms with Crippen molar-refractivity contribution in [2.24, 2.45) is 0 Å². The quantitative estimate of drug-likeness (QED) is 0.553. The number of benzene rings is 1. The number of pyridine rings is 1. The molecule has 5 nitrogen and oxygen atoms in total. The number of aromatic nitrogens is 3. The van der Waals surface area contributed by atoms with Crippen molar-refractivity contribution >= 4 is 28.7 Å². The van der Waals surface area contributed by atoms with Crippen LogP contribution in [0, 0.1) is 5.82 Å². The van der Waals surface area contributed by atoms with E-state index in [4.69, 9.17) is 0 Å². The Kier molecular flexibility index (Phi) is 6.13. The number of likely N-dealkylation sites (tertiary alicyclic amines) is 1. The molecule has 1 aliphatic heterocycles. The Hall–Kier alpha value is -2.41. The van der Waals surface area contributed by atoms with Crippen molar-refractivity contribution in [1.82, 2.24) is 19.4 Å². The highest BCUT2D eigenvalue weighted by Gasteiger charge is 2.26. The molecule has 1 unspecified atom stereocenters. The van der Waals surface area contributed by atoms with Crippen molar-refractivity contribution in [3.8, 4) is 0 Å². The second-order valence-electron chi connectivity index (χ2n) is 7.37. The van der Waals surface area contributed by atoms with Crippen LogP contribution in [0.15, 0.2) is 47.9 Å². The third-order valence-electron chi connectivity index (χ3n) is 5.54. The Bertz CT molecular complexity index is 1010. The van der Waals surface area contributed by atoms with Crippen molar-refractivity contribution in [1.29, 1.82) is 0 Å². The summed E-state index contributed by atoms with van der Waals surface area (Å²) in [4.78, 5) is 24.1. The highest BCUT2D eigenvalue weighted by molar-refractivity contribution is 7.98. The van der Waals surface area contributed by atoms with Gasteiger partial charge in [0.15, 0.2) is 5.16 Å². The van der Waals surface area contributed by atoms with Crippen LogP contribution < -0.4 is 0 Å². The number of imidazole rings is 1. The van der Waals surface area contributed by atoms with Crippen molar-refractivity contribution in [3.63, 3.8) is 0 Å². The first-order chi connectivity index (χ1) is 14.2. The highest BCUT2D eigenvalue weighted by Crippen LogP contribution is 2.28. The summed E-state index contributed by atoms with van der Waals surface area (Å²) in [6.07, 6.45) is 7.74. The molecule has 1 amide bonds. The summed E-state index contributed by atoms with van der Waals surface area (Å²) in [5.41, 5.74) is 2.26. The Labute approximate surface area is 174 Å². The summed E-state index contributed by atoms with van der Waals surface area (Å²) >= 11 is 1.45. The fourth-order valence-corrected chi connectivity index (χ4v) is 4.95. The molecule has 3 heterocycles. The van der Waals surface area contributed by atoms with E-state index in [9.17, 15) is 9.18 Å². The normalized spacial score (nSPS) is 17.0. The molecule has 2 aromatic heterocycles. The van der Waals surface area contributed by atoms with E-state index >= 15 is 0 Å². The van der Waals surface area contributed by atoms with Crippen LogP contribution >= 0.6 is 11.8 Å². The average Bonchev–Trinajstić information content (AvgIpc) is 3.10. The Morgan fingerprint density at radius 1 is 1.28 bits per heavy atom. The van der Waals surface area contributed by atoms with Crippen LogP contribution in [0.3, 0.4) is 0 Å². The second kappa shape index (κ2) is 8.95. The number of carbonyl (C=O) groups excluding carboxylic acids is 1. The molecule has 0 bridgehead atoms. The van der Waals surface area contributed by atoms with Gasteiger partial charge in [-0.2, -0.15) is 0 Å². The largest absolute Gasteiger partial charge is 0.338 e. The van der Waals surface area contributed by atoms with Gasteiger partial charge in [0, 0.05) is 24.5 Å². The summed E-state index contributed by atoms with van der Waals surface area (Å²) in [6.45, 7) is 3.20. The number of rotatable bonds is 6. The number of carbonyl (C=O) groups is 1. The summed E-state index contributed by atoms with van der Waals surface area (Å²) in [5, 5.41) is 0.717. The summed E-state index contributed by atoms with van der Waals surface area (Å²) in [6, 6.07) is 8.93. The zero-order chi connectivity index (χ0) is 20.2. The topological polar surface area (TPSA) is 51.0 Å². The van der Waals surface area contributed by atoms with Crippen LogP contribution in [0.1, 0.15) is 38.2 Å². The number of thioether (sulfide) groups is 1. The van der Waals surface area contributed by atoms with Gasteiger partial charge in [0.2, 0.25) is 5.91 Å². The van der Waals surface area contributed by atoms with Crippen LogP contribution in [0.4, 0.5) is 4.39 Å². The average molecular weight is 413 g/mol. The SMILES string of the molecule is CCC1CCCCN1C(=O)Cn1c(SCc2ccccc2F)nc2ccncc21. The van der Waals surface area contributed by atoms with Gasteiger partial charge in [-0.25, -0.2) is 9.37 Å². The zero-order valence-electron chi connectivity index (χ0n) is 16.6. The lowest BCUT2D eigenvalue weighted by Crippen LogP contribution is -2.44. The number of hydrogen-bond acceptors (Lipinski definition) is 4. The highest BCUT2D eigenvalue weighted by atomic mass is 32.2. The van der Waals surface area contributed by atoms with Crippen molar-refractivity contribution in [2.75, 3.05) is 6.54 Å². The molecule has 1 aliphatic rings. The fraction of sp³-hybridized carbons (Fsp3) is 0.409. The van der Waals surface area contributed by atoms with Crippen molar-refractivity contribution in [3.05, 3.63) is 54.1 Å². The van der Waals surface area contributed by atoms with Gasteiger partial charge in [-0.3, -0.25) is 9.78 Å². The number of halogens is 1. The first-order valence-corrected chi connectivity index (χ1v) is 11.1. The van der Waals surface area contributed by atoms with E-state index in [0.29, 0.717) is 17.4 Å². The minimum Gasteiger partial charge on any atom is -0.338 e. The maximum absolute atomic E-state index is 14.0. The molecule has 0 aliphatic carbocycles. The Balaban J connectivity index is 1.59. The first-order valence-electron chi connectivity index (χ1n) is 10.1. The van der Waals surface area contributed by atoms with E-state index in [1.807, 2.05) is 21.6 Å². The number of fused-ring (bicyclic) bond motifs is 1. The molecule has 0 N–H and O–H groups in total. The molecule has 1 fully saturated rings. The predicted octanol–water partition coefficient (Wildman–Crippen LogP) is 4.65. The Morgan fingerprint density at radius 2 is 2.14 bits per heavy atom. The zero-order valence-corrected chi connectivity index (χ0v) is 17.4. The minimum atomic E-state index is -0.223. The van der Waals surface area contributed by atoms with Gasteiger partial charge < -0.3 is 9.47 Å².